The first-order chi connectivity index (χ1) is 9.48. The standard InChI is InChI=1S/C12H16N4O3S/c1-15-8-11(12(13)14-15)20(17,18)16(9-4-5-9)7-10-3-2-6-19-10/h2-3,6,8-9H,4-5,7H2,1H3,(H2,13,14). The first-order valence-corrected chi connectivity index (χ1v) is 7.76. The van der Waals surface area contributed by atoms with Crippen LogP contribution in [0, 0.1) is 0 Å². The van der Waals surface area contributed by atoms with Crippen molar-refractivity contribution in [3.8, 4) is 0 Å². The van der Waals surface area contributed by atoms with Crippen LogP contribution in [-0.2, 0) is 23.6 Å². The molecule has 2 heterocycles. The number of hydrogen-bond acceptors (Lipinski definition) is 5. The Balaban J connectivity index is 1.96. The Bertz CT molecular complexity index is 701. The summed E-state index contributed by atoms with van der Waals surface area (Å²) in [5.74, 6) is 0.639. The number of hydrogen-bond donors (Lipinski definition) is 1. The van der Waals surface area contributed by atoms with E-state index in [1.807, 2.05) is 0 Å². The van der Waals surface area contributed by atoms with E-state index in [9.17, 15) is 8.42 Å². The highest BCUT2D eigenvalue weighted by atomic mass is 32.2. The van der Waals surface area contributed by atoms with Crippen molar-refractivity contribution in [1.82, 2.24) is 14.1 Å². The van der Waals surface area contributed by atoms with Crippen LogP contribution in [0.1, 0.15) is 18.6 Å². The lowest BCUT2D eigenvalue weighted by atomic mass is 10.4. The maximum Gasteiger partial charge on any atom is 0.249 e. The molecule has 0 unspecified atom stereocenters. The molecule has 1 aliphatic rings. The number of furan rings is 1. The maximum absolute atomic E-state index is 12.7. The minimum absolute atomic E-state index is 0.0182. The molecule has 1 aliphatic carbocycles. The summed E-state index contributed by atoms with van der Waals surface area (Å²) in [6.45, 7) is 0.217. The van der Waals surface area contributed by atoms with Crippen LogP contribution >= 0.6 is 0 Å². The maximum atomic E-state index is 12.7. The highest BCUT2D eigenvalue weighted by Gasteiger charge is 2.40. The predicted molar refractivity (Wildman–Crippen MR) is 72.1 cm³/mol. The van der Waals surface area contributed by atoms with Crippen LogP contribution in [0.2, 0.25) is 0 Å². The Morgan fingerprint density at radius 2 is 2.30 bits per heavy atom. The fourth-order valence-corrected chi connectivity index (χ4v) is 3.88. The van der Waals surface area contributed by atoms with E-state index < -0.39 is 10.0 Å². The van der Waals surface area contributed by atoms with Crippen LogP contribution in [0.5, 0.6) is 0 Å². The molecule has 2 aromatic rings. The second-order valence-electron chi connectivity index (χ2n) is 4.91. The Hall–Kier alpha value is -1.80. The SMILES string of the molecule is Cn1cc(S(=O)(=O)N(Cc2ccco2)C2CC2)c(N)n1. The minimum atomic E-state index is -3.66. The van der Waals surface area contributed by atoms with Gasteiger partial charge in [0.2, 0.25) is 10.0 Å². The normalized spacial score (nSPS) is 15.9. The molecule has 0 amide bonds. The topological polar surface area (TPSA) is 94.4 Å². The fraction of sp³-hybridized carbons (Fsp3) is 0.417. The zero-order chi connectivity index (χ0) is 14.3. The summed E-state index contributed by atoms with van der Waals surface area (Å²) in [6, 6.07) is 3.52. The highest BCUT2D eigenvalue weighted by molar-refractivity contribution is 7.89. The Morgan fingerprint density at radius 3 is 2.80 bits per heavy atom. The lowest BCUT2D eigenvalue weighted by molar-refractivity contribution is 0.357. The van der Waals surface area contributed by atoms with Crippen molar-refractivity contribution in [2.45, 2.75) is 30.3 Å². The van der Waals surface area contributed by atoms with Crippen molar-refractivity contribution >= 4 is 15.8 Å². The van der Waals surface area contributed by atoms with Crippen molar-refractivity contribution in [2.24, 2.45) is 7.05 Å². The van der Waals surface area contributed by atoms with Gasteiger partial charge in [-0.05, 0) is 25.0 Å². The first kappa shape index (κ1) is 13.2. The molecule has 0 aliphatic heterocycles. The second kappa shape index (κ2) is 4.64. The molecule has 0 bridgehead atoms. The zero-order valence-corrected chi connectivity index (χ0v) is 11.9. The molecule has 108 valence electrons. The third kappa shape index (κ3) is 2.32. The number of aromatic nitrogens is 2. The number of aryl methyl sites for hydroxylation is 1. The van der Waals surface area contributed by atoms with Gasteiger partial charge in [-0.2, -0.15) is 9.40 Å². The second-order valence-corrected chi connectivity index (χ2v) is 6.77. The van der Waals surface area contributed by atoms with Gasteiger partial charge in [0, 0.05) is 19.3 Å². The number of nitrogens with zero attached hydrogens (tertiary/aromatic N) is 3. The lowest BCUT2D eigenvalue weighted by Crippen LogP contribution is -2.32. The van der Waals surface area contributed by atoms with E-state index in [1.54, 1.807) is 19.2 Å². The van der Waals surface area contributed by atoms with Gasteiger partial charge in [0.1, 0.15) is 10.7 Å². The Labute approximate surface area is 117 Å². The minimum Gasteiger partial charge on any atom is -0.468 e. The summed E-state index contributed by atoms with van der Waals surface area (Å²) in [7, 11) is -2.02. The summed E-state index contributed by atoms with van der Waals surface area (Å²) in [5.41, 5.74) is 5.70. The molecule has 0 atom stereocenters. The van der Waals surface area contributed by atoms with E-state index in [0.717, 1.165) is 12.8 Å². The van der Waals surface area contributed by atoms with E-state index in [4.69, 9.17) is 10.2 Å². The zero-order valence-electron chi connectivity index (χ0n) is 11.1. The quantitative estimate of drug-likeness (QED) is 0.886. The van der Waals surface area contributed by atoms with Crippen molar-refractivity contribution in [3.63, 3.8) is 0 Å². The number of nitrogen functional groups attached to an aromatic ring is 1. The summed E-state index contributed by atoms with van der Waals surface area (Å²) in [4.78, 5) is 0.0541. The van der Waals surface area contributed by atoms with Gasteiger partial charge < -0.3 is 10.2 Å². The van der Waals surface area contributed by atoms with Gasteiger partial charge in [-0.25, -0.2) is 8.42 Å². The largest absolute Gasteiger partial charge is 0.468 e. The van der Waals surface area contributed by atoms with Crippen molar-refractivity contribution in [2.75, 3.05) is 5.73 Å². The van der Waals surface area contributed by atoms with Gasteiger partial charge in [-0.15, -0.1) is 0 Å². The molecule has 8 heteroatoms. The molecular formula is C12H16N4O3S. The van der Waals surface area contributed by atoms with Gasteiger partial charge in [-0.1, -0.05) is 0 Å². The van der Waals surface area contributed by atoms with E-state index in [-0.39, 0.29) is 23.3 Å². The number of rotatable bonds is 5. The predicted octanol–water partition coefficient (Wildman–Crippen LogP) is 0.949. The number of anilines is 1. The monoisotopic (exact) mass is 296 g/mol. The Kier molecular flexibility index (Phi) is 3.06. The van der Waals surface area contributed by atoms with Gasteiger partial charge in [0.25, 0.3) is 0 Å². The molecule has 2 N–H and O–H groups in total. The first-order valence-electron chi connectivity index (χ1n) is 6.32. The summed E-state index contributed by atoms with van der Waals surface area (Å²) >= 11 is 0. The molecule has 2 aromatic heterocycles. The Morgan fingerprint density at radius 1 is 1.55 bits per heavy atom. The number of nitrogens with two attached hydrogens (primary N) is 1. The molecule has 3 rings (SSSR count). The smallest absolute Gasteiger partial charge is 0.249 e. The molecular weight excluding hydrogens is 280 g/mol. The van der Waals surface area contributed by atoms with Gasteiger partial charge >= 0.3 is 0 Å². The van der Waals surface area contributed by atoms with Crippen LogP contribution in [-0.4, -0.2) is 28.5 Å². The summed E-state index contributed by atoms with van der Waals surface area (Å²) in [6.07, 6.45) is 4.69. The van der Waals surface area contributed by atoms with Crippen LogP contribution in [0.25, 0.3) is 0 Å². The molecule has 7 nitrogen and oxygen atoms in total. The molecule has 0 spiro atoms. The molecule has 0 radical (unpaired) electrons. The average molecular weight is 296 g/mol. The fourth-order valence-electron chi connectivity index (χ4n) is 2.14. The van der Waals surface area contributed by atoms with Crippen LogP contribution < -0.4 is 5.73 Å². The van der Waals surface area contributed by atoms with Gasteiger partial charge in [-0.3, -0.25) is 4.68 Å². The molecule has 20 heavy (non-hydrogen) atoms. The molecule has 0 aromatic carbocycles. The molecule has 0 saturated heterocycles. The third-order valence-electron chi connectivity index (χ3n) is 3.25. The highest BCUT2D eigenvalue weighted by Crippen LogP contribution is 2.34. The molecule has 1 fully saturated rings. The van der Waals surface area contributed by atoms with E-state index >= 15 is 0 Å². The third-order valence-corrected chi connectivity index (χ3v) is 5.17. The lowest BCUT2D eigenvalue weighted by Gasteiger charge is -2.20. The summed E-state index contributed by atoms with van der Waals surface area (Å²) in [5, 5.41) is 3.90. The van der Waals surface area contributed by atoms with Crippen molar-refractivity contribution < 1.29 is 12.8 Å². The van der Waals surface area contributed by atoms with E-state index in [0.29, 0.717) is 5.76 Å². The average Bonchev–Trinajstić information content (AvgIpc) is 2.96. The van der Waals surface area contributed by atoms with Crippen LogP contribution in [0.4, 0.5) is 5.82 Å². The van der Waals surface area contributed by atoms with Crippen molar-refractivity contribution in [3.05, 3.63) is 30.4 Å². The van der Waals surface area contributed by atoms with E-state index in [1.165, 1.54) is 21.4 Å². The molecule has 1 saturated carbocycles. The van der Waals surface area contributed by atoms with Gasteiger partial charge in [0.15, 0.2) is 5.82 Å². The summed E-state index contributed by atoms with van der Waals surface area (Å²) < 4.78 is 33.5. The van der Waals surface area contributed by atoms with Crippen LogP contribution in [0.3, 0.4) is 0 Å². The van der Waals surface area contributed by atoms with Crippen LogP contribution in [0.15, 0.2) is 33.9 Å². The number of sulfonamides is 1. The van der Waals surface area contributed by atoms with Gasteiger partial charge in [0.05, 0.1) is 12.8 Å². The van der Waals surface area contributed by atoms with E-state index in [2.05, 4.69) is 5.10 Å². The van der Waals surface area contributed by atoms with Crippen molar-refractivity contribution in [1.29, 1.82) is 0 Å².